The summed E-state index contributed by atoms with van der Waals surface area (Å²) in [5.74, 6) is 1.01. The number of rotatable bonds is 6. The molecule has 1 aromatic rings. The van der Waals surface area contributed by atoms with E-state index in [-0.39, 0.29) is 11.3 Å². The van der Waals surface area contributed by atoms with Gasteiger partial charge in [-0.05, 0) is 30.0 Å². The van der Waals surface area contributed by atoms with Crippen LogP contribution in [0, 0.1) is 5.41 Å². The van der Waals surface area contributed by atoms with E-state index in [1.165, 1.54) is 0 Å². The van der Waals surface area contributed by atoms with Gasteiger partial charge in [0, 0.05) is 16.9 Å². The van der Waals surface area contributed by atoms with Gasteiger partial charge in [0.15, 0.2) is 0 Å². The first-order valence-corrected chi connectivity index (χ1v) is 7.40. The SMILES string of the molecule is COc1cc(Br)ccc1C(=O)NCC(C)(C)CCCl. The number of ether oxygens (including phenoxy) is 1. The van der Waals surface area contributed by atoms with Crippen LogP contribution >= 0.6 is 27.5 Å². The van der Waals surface area contributed by atoms with Gasteiger partial charge in [-0.3, -0.25) is 4.79 Å². The molecule has 1 N–H and O–H groups in total. The van der Waals surface area contributed by atoms with E-state index in [2.05, 4.69) is 35.1 Å². The highest BCUT2D eigenvalue weighted by molar-refractivity contribution is 9.10. The predicted molar refractivity (Wildman–Crippen MR) is 82.1 cm³/mol. The normalized spacial score (nSPS) is 11.2. The van der Waals surface area contributed by atoms with Crippen LogP contribution in [0.1, 0.15) is 30.6 Å². The van der Waals surface area contributed by atoms with Gasteiger partial charge in [-0.15, -0.1) is 11.6 Å². The van der Waals surface area contributed by atoms with Gasteiger partial charge in [0.05, 0.1) is 12.7 Å². The zero-order valence-corrected chi connectivity index (χ0v) is 13.8. The summed E-state index contributed by atoms with van der Waals surface area (Å²) in [6.45, 7) is 4.74. The van der Waals surface area contributed by atoms with E-state index in [0.717, 1.165) is 10.9 Å². The maximum Gasteiger partial charge on any atom is 0.255 e. The quantitative estimate of drug-likeness (QED) is 0.793. The number of carbonyl (C=O) groups is 1. The molecule has 0 unspecified atom stereocenters. The summed E-state index contributed by atoms with van der Waals surface area (Å²) in [6, 6.07) is 5.34. The lowest BCUT2D eigenvalue weighted by atomic mass is 9.90. The molecule has 0 spiro atoms. The summed E-state index contributed by atoms with van der Waals surface area (Å²) in [5.41, 5.74) is 0.521. The second-order valence-electron chi connectivity index (χ2n) is 5.13. The van der Waals surface area contributed by atoms with E-state index in [1.54, 1.807) is 19.2 Å². The first-order valence-electron chi connectivity index (χ1n) is 6.07. The van der Waals surface area contributed by atoms with Crippen LogP contribution in [0.3, 0.4) is 0 Å². The van der Waals surface area contributed by atoms with Gasteiger partial charge < -0.3 is 10.1 Å². The Labute approximate surface area is 127 Å². The fourth-order valence-corrected chi connectivity index (χ4v) is 2.46. The van der Waals surface area contributed by atoms with Crippen molar-refractivity contribution in [2.75, 3.05) is 19.5 Å². The van der Waals surface area contributed by atoms with Crippen LogP contribution < -0.4 is 10.1 Å². The summed E-state index contributed by atoms with van der Waals surface area (Å²) in [5, 5.41) is 2.93. The van der Waals surface area contributed by atoms with Crippen molar-refractivity contribution in [1.82, 2.24) is 5.32 Å². The summed E-state index contributed by atoms with van der Waals surface area (Å²) in [7, 11) is 1.55. The van der Waals surface area contributed by atoms with E-state index in [0.29, 0.717) is 23.7 Å². The lowest BCUT2D eigenvalue weighted by Crippen LogP contribution is -2.34. The summed E-state index contributed by atoms with van der Waals surface area (Å²) in [4.78, 5) is 12.1. The maximum atomic E-state index is 12.1. The van der Waals surface area contributed by atoms with E-state index in [1.807, 2.05) is 6.07 Å². The maximum absolute atomic E-state index is 12.1. The Kier molecular flexibility index (Phi) is 6.14. The molecule has 19 heavy (non-hydrogen) atoms. The van der Waals surface area contributed by atoms with Crippen LogP contribution in [-0.2, 0) is 0 Å². The molecule has 0 radical (unpaired) electrons. The molecule has 0 saturated heterocycles. The van der Waals surface area contributed by atoms with Crippen LogP contribution in [0.4, 0.5) is 0 Å². The molecule has 0 bridgehead atoms. The molecule has 1 amide bonds. The van der Waals surface area contributed by atoms with Crippen molar-refractivity contribution < 1.29 is 9.53 Å². The van der Waals surface area contributed by atoms with E-state index in [9.17, 15) is 4.79 Å². The molecule has 106 valence electrons. The minimum absolute atomic E-state index is 0.0139. The molecule has 0 aromatic heterocycles. The molecule has 1 aromatic carbocycles. The standard InChI is InChI=1S/C14H19BrClNO2/c1-14(2,6-7-16)9-17-13(18)11-5-4-10(15)8-12(11)19-3/h4-5,8H,6-7,9H2,1-3H3,(H,17,18). The van der Waals surface area contributed by atoms with Gasteiger partial charge in [0.2, 0.25) is 0 Å². The van der Waals surface area contributed by atoms with E-state index < -0.39 is 0 Å². The van der Waals surface area contributed by atoms with Gasteiger partial charge in [0.1, 0.15) is 5.75 Å². The van der Waals surface area contributed by atoms with Crippen LogP contribution in [0.15, 0.2) is 22.7 Å². The number of alkyl halides is 1. The molecule has 0 heterocycles. The van der Waals surface area contributed by atoms with Gasteiger partial charge in [-0.2, -0.15) is 0 Å². The molecule has 5 heteroatoms. The Morgan fingerprint density at radius 3 is 2.74 bits per heavy atom. The van der Waals surface area contributed by atoms with Crippen LogP contribution in [-0.4, -0.2) is 25.4 Å². The monoisotopic (exact) mass is 347 g/mol. The van der Waals surface area contributed by atoms with Gasteiger partial charge >= 0.3 is 0 Å². The smallest absolute Gasteiger partial charge is 0.255 e. The zero-order valence-electron chi connectivity index (χ0n) is 11.4. The predicted octanol–water partition coefficient (Wildman–Crippen LogP) is 3.84. The Hall–Kier alpha value is -0.740. The number of carbonyl (C=O) groups excluding carboxylic acids is 1. The van der Waals surface area contributed by atoms with Crippen molar-refractivity contribution in [1.29, 1.82) is 0 Å². The number of nitrogens with one attached hydrogen (secondary N) is 1. The third-order valence-electron chi connectivity index (χ3n) is 2.91. The number of methoxy groups -OCH3 is 1. The fraction of sp³-hybridized carbons (Fsp3) is 0.500. The molecular weight excluding hydrogens is 330 g/mol. The Bertz CT molecular complexity index is 449. The second kappa shape index (κ2) is 7.15. The number of benzene rings is 1. The number of amides is 1. The van der Waals surface area contributed by atoms with E-state index >= 15 is 0 Å². The minimum atomic E-state index is -0.132. The summed E-state index contributed by atoms with van der Waals surface area (Å²) < 4.78 is 6.09. The second-order valence-corrected chi connectivity index (χ2v) is 6.42. The van der Waals surface area contributed by atoms with Crippen molar-refractivity contribution >= 4 is 33.4 Å². The third-order valence-corrected chi connectivity index (χ3v) is 3.59. The van der Waals surface area contributed by atoms with E-state index in [4.69, 9.17) is 16.3 Å². The van der Waals surface area contributed by atoms with Gasteiger partial charge in [0.25, 0.3) is 5.91 Å². The minimum Gasteiger partial charge on any atom is -0.496 e. The Morgan fingerprint density at radius 1 is 1.47 bits per heavy atom. The van der Waals surface area contributed by atoms with Crippen LogP contribution in [0.2, 0.25) is 0 Å². The Balaban J connectivity index is 2.74. The average Bonchev–Trinajstić information content (AvgIpc) is 2.35. The molecule has 3 nitrogen and oxygen atoms in total. The first-order chi connectivity index (χ1) is 8.89. The molecule has 0 aliphatic heterocycles. The third kappa shape index (κ3) is 5.03. The van der Waals surface area contributed by atoms with Crippen LogP contribution in [0.5, 0.6) is 5.75 Å². The number of hydrogen-bond acceptors (Lipinski definition) is 2. The number of halogens is 2. The average molecular weight is 349 g/mol. The fourth-order valence-electron chi connectivity index (χ4n) is 1.61. The molecule has 1 rings (SSSR count). The largest absolute Gasteiger partial charge is 0.496 e. The highest BCUT2D eigenvalue weighted by atomic mass is 79.9. The van der Waals surface area contributed by atoms with Crippen molar-refractivity contribution in [3.8, 4) is 5.75 Å². The zero-order chi connectivity index (χ0) is 14.5. The highest BCUT2D eigenvalue weighted by Gasteiger charge is 2.20. The van der Waals surface area contributed by atoms with Crippen LogP contribution in [0.25, 0.3) is 0 Å². The lowest BCUT2D eigenvalue weighted by Gasteiger charge is -2.24. The summed E-state index contributed by atoms with van der Waals surface area (Å²) >= 11 is 9.10. The lowest BCUT2D eigenvalue weighted by molar-refractivity contribution is 0.0933. The molecule has 0 atom stereocenters. The van der Waals surface area contributed by atoms with Crippen molar-refractivity contribution in [3.05, 3.63) is 28.2 Å². The number of hydrogen-bond donors (Lipinski definition) is 1. The van der Waals surface area contributed by atoms with Crippen molar-refractivity contribution in [3.63, 3.8) is 0 Å². The molecule has 0 fully saturated rings. The highest BCUT2D eigenvalue weighted by Crippen LogP contribution is 2.24. The van der Waals surface area contributed by atoms with Gasteiger partial charge in [-0.25, -0.2) is 0 Å². The summed E-state index contributed by atoms with van der Waals surface area (Å²) in [6.07, 6.45) is 0.853. The first kappa shape index (κ1) is 16.3. The van der Waals surface area contributed by atoms with Gasteiger partial charge in [-0.1, -0.05) is 29.8 Å². The van der Waals surface area contributed by atoms with Crippen molar-refractivity contribution in [2.45, 2.75) is 20.3 Å². The van der Waals surface area contributed by atoms with Crippen molar-refractivity contribution in [2.24, 2.45) is 5.41 Å². The Morgan fingerprint density at radius 2 is 2.16 bits per heavy atom. The molecular formula is C14H19BrClNO2. The molecule has 0 aliphatic rings. The molecule has 0 saturated carbocycles. The topological polar surface area (TPSA) is 38.3 Å². The molecule has 0 aliphatic carbocycles.